The lowest BCUT2D eigenvalue weighted by Crippen LogP contribution is -2.67. The lowest BCUT2D eigenvalue weighted by Gasteiger charge is -2.49. The summed E-state index contributed by atoms with van der Waals surface area (Å²) in [7, 11) is 0. The molecule has 21 nitrogen and oxygen atoms in total. The van der Waals surface area contributed by atoms with Crippen LogP contribution in [-0.2, 0) is 33.2 Å². The van der Waals surface area contributed by atoms with Gasteiger partial charge in [-0.3, -0.25) is 0 Å². The largest absolute Gasteiger partial charge is 0.394 e. The summed E-state index contributed by atoms with van der Waals surface area (Å²) >= 11 is 0. The molecule has 45 heavy (non-hydrogen) atoms. The smallest absolute Gasteiger partial charge is 0.187 e. The minimum atomic E-state index is -2.05. The number of hydrogen-bond donors (Lipinski definition) is 14. The average Bonchev–Trinajstić information content (AvgIpc) is 3.02. The second-order valence-electron chi connectivity index (χ2n) is 11.1. The summed E-state index contributed by atoms with van der Waals surface area (Å²) in [6.07, 6.45) is -36.1. The highest BCUT2D eigenvalue weighted by Gasteiger charge is 2.55. The molecule has 0 spiro atoms. The van der Waals surface area contributed by atoms with Crippen molar-refractivity contribution in [1.29, 1.82) is 0 Å². The van der Waals surface area contributed by atoms with E-state index in [1.165, 1.54) is 0 Å². The Morgan fingerprint density at radius 1 is 0.333 bits per heavy atom. The van der Waals surface area contributed by atoms with Gasteiger partial charge in [-0.05, 0) is 0 Å². The number of hydrogen-bond acceptors (Lipinski definition) is 21. The summed E-state index contributed by atoms with van der Waals surface area (Å²) in [5.74, 6) is 0. The molecule has 0 radical (unpaired) electrons. The minimum absolute atomic E-state index is 0.802. The summed E-state index contributed by atoms with van der Waals surface area (Å²) in [5, 5.41) is 143. The van der Waals surface area contributed by atoms with Gasteiger partial charge < -0.3 is 105 Å². The molecule has 0 aromatic carbocycles. The van der Waals surface area contributed by atoms with Crippen LogP contribution < -0.4 is 0 Å². The Labute approximate surface area is 254 Å². The second kappa shape index (κ2) is 15.6. The summed E-state index contributed by atoms with van der Waals surface area (Å²) < 4.78 is 37.5. The zero-order valence-electron chi connectivity index (χ0n) is 23.5. The molecule has 14 N–H and O–H groups in total. The molecule has 0 aliphatic carbocycles. The van der Waals surface area contributed by atoms with Crippen LogP contribution in [0.1, 0.15) is 0 Å². The molecule has 0 saturated carbocycles. The van der Waals surface area contributed by atoms with E-state index in [0.29, 0.717) is 0 Å². The van der Waals surface area contributed by atoms with Gasteiger partial charge in [0, 0.05) is 0 Å². The predicted molar refractivity (Wildman–Crippen MR) is 134 cm³/mol. The van der Waals surface area contributed by atoms with E-state index < -0.39 is 149 Å². The van der Waals surface area contributed by atoms with Gasteiger partial charge >= 0.3 is 0 Å². The summed E-state index contributed by atoms with van der Waals surface area (Å²) in [5.41, 5.74) is 0. The number of ether oxygens (including phenoxy) is 7. The molecule has 0 aromatic rings. The van der Waals surface area contributed by atoms with Crippen molar-refractivity contribution < 1.29 is 105 Å². The monoisotopic (exact) mass is 666 g/mol. The van der Waals surface area contributed by atoms with Gasteiger partial charge in [-0.1, -0.05) is 0 Å². The zero-order valence-corrected chi connectivity index (χ0v) is 23.5. The van der Waals surface area contributed by atoms with Crippen LogP contribution in [0.4, 0.5) is 0 Å². The van der Waals surface area contributed by atoms with Crippen molar-refractivity contribution in [2.24, 2.45) is 0 Å². The van der Waals surface area contributed by atoms with Crippen LogP contribution in [0.25, 0.3) is 0 Å². The SMILES string of the molecule is OCC1OC(O[C@@H]2C(O)C(O[C@@H]3C(O)C(O[C@@H]4C(O)[C@H](O)OC(CO)[C@H]4O)OC(CO)[C@H]3O)OC(CO)[C@H]2O)C(O)[C@@H](O)[C@@H]1O. The summed E-state index contributed by atoms with van der Waals surface area (Å²) in [6.45, 7) is -3.42. The van der Waals surface area contributed by atoms with Crippen LogP contribution in [0, 0.1) is 0 Å². The second-order valence-corrected chi connectivity index (χ2v) is 11.1. The molecule has 0 aromatic heterocycles. The Morgan fingerprint density at radius 3 is 1.02 bits per heavy atom. The maximum Gasteiger partial charge on any atom is 0.187 e. The Kier molecular flexibility index (Phi) is 12.8. The Bertz CT molecular complexity index is 916. The van der Waals surface area contributed by atoms with Crippen LogP contribution in [0.2, 0.25) is 0 Å². The van der Waals surface area contributed by atoms with E-state index >= 15 is 0 Å². The third-order valence-electron chi connectivity index (χ3n) is 8.21. The highest BCUT2D eigenvalue weighted by molar-refractivity contribution is 4.97. The number of rotatable bonds is 10. The lowest BCUT2D eigenvalue weighted by molar-refractivity contribution is -0.389. The number of aliphatic hydroxyl groups excluding tert-OH is 14. The molecular formula is C24H42O21. The van der Waals surface area contributed by atoms with Gasteiger partial charge in [-0.15, -0.1) is 0 Å². The first-order valence-electron chi connectivity index (χ1n) is 14.1. The van der Waals surface area contributed by atoms with Gasteiger partial charge in [0.15, 0.2) is 25.2 Å². The molecular weight excluding hydrogens is 624 g/mol. The van der Waals surface area contributed by atoms with E-state index in [-0.39, 0.29) is 0 Å². The van der Waals surface area contributed by atoms with E-state index in [9.17, 15) is 71.5 Å². The molecule has 20 atom stereocenters. The van der Waals surface area contributed by atoms with Gasteiger partial charge in [0.1, 0.15) is 97.7 Å². The molecule has 4 saturated heterocycles. The fourth-order valence-corrected chi connectivity index (χ4v) is 5.53. The van der Waals surface area contributed by atoms with Gasteiger partial charge in [0.05, 0.1) is 26.4 Å². The molecule has 0 amide bonds. The van der Waals surface area contributed by atoms with Crippen LogP contribution in [0.15, 0.2) is 0 Å². The third-order valence-corrected chi connectivity index (χ3v) is 8.21. The van der Waals surface area contributed by atoms with Crippen molar-refractivity contribution in [3.8, 4) is 0 Å². The molecule has 4 heterocycles. The van der Waals surface area contributed by atoms with E-state index in [0.717, 1.165) is 0 Å². The van der Waals surface area contributed by atoms with Gasteiger partial charge in [0.2, 0.25) is 0 Å². The molecule has 4 aliphatic heterocycles. The van der Waals surface area contributed by atoms with Gasteiger partial charge in [-0.25, -0.2) is 0 Å². The van der Waals surface area contributed by atoms with Crippen LogP contribution >= 0.6 is 0 Å². The quantitative estimate of drug-likeness (QED) is 0.103. The molecule has 21 heteroatoms. The first-order valence-corrected chi connectivity index (χ1v) is 14.1. The number of aliphatic hydroxyl groups is 14. The zero-order chi connectivity index (χ0) is 33.3. The Balaban J connectivity index is 1.53. The maximum atomic E-state index is 11.1. The van der Waals surface area contributed by atoms with Crippen molar-refractivity contribution in [3.05, 3.63) is 0 Å². The van der Waals surface area contributed by atoms with Crippen molar-refractivity contribution in [2.75, 3.05) is 26.4 Å². The van der Waals surface area contributed by atoms with Crippen LogP contribution in [0.5, 0.6) is 0 Å². The Hall–Kier alpha value is -0.840. The highest BCUT2D eigenvalue weighted by Crippen LogP contribution is 2.34. The lowest BCUT2D eigenvalue weighted by atomic mass is 9.95. The predicted octanol–water partition coefficient (Wildman–Crippen LogP) is -9.75. The molecule has 4 rings (SSSR count). The standard InChI is InChI=1S/C24H42O21/c25-1-5-9(29)13(33)14(34)22(40-5)44-19-11(31)7(3-27)42-24(16(19)36)45-20-12(32)8(4-28)41-23(17(20)37)43-18-10(30)6(2-26)39-21(38)15(18)35/h5-38H,1-4H2/t5?,6?,7?,8?,9-,10-,11-,12-,13+,14?,15?,16?,17?,18+,19+,20+,21-,22?,23?,24?/m1/s1. The topological polar surface area (TPSA) is 348 Å². The molecule has 0 bridgehead atoms. The normalized spacial score (nSPS) is 52.9. The van der Waals surface area contributed by atoms with E-state index in [1.54, 1.807) is 0 Å². The molecule has 11 unspecified atom stereocenters. The summed E-state index contributed by atoms with van der Waals surface area (Å²) in [6, 6.07) is 0. The van der Waals surface area contributed by atoms with Crippen molar-refractivity contribution in [3.63, 3.8) is 0 Å². The van der Waals surface area contributed by atoms with E-state index in [1.807, 2.05) is 0 Å². The minimum Gasteiger partial charge on any atom is -0.394 e. The van der Waals surface area contributed by atoms with Gasteiger partial charge in [0.25, 0.3) is 0 Å². The van der Waals surface area contributed by atoms with Crippen molar-refractivity contribution in [2.45, 2.75) is 123 Å². The van der Waals surface area contributed by atoms with Crippen LogP contribution in [-0.4, -0.2) is 221 Å². The first kappa shape index (κ1) is 37.0. The fraction of sp³-hybridized carbons (Fsp3) is 1.00. The summed E-state index contributed by atoms with van der Waals surface area (Å²) in [4.78, 5) is 0. The third kappa shape index (κ3) is 7.44. The van der Waals surface area contributed by atoms with Crippen molar-refractivity contribution >= 4 is 0 Å². The maximum absolute atomic E-state index is 11.1. The van der Waals surface area contributed by atoms with E-state index in [2.05, 4.69) is 0 Å². The average molecular weight is 667 g/mol. The fourth-order valence-electron chi connectivity index (χ4n) is 5.53. The van der Waals surface area contributed by atoms with Crippen molar-refractivity contribution in [1.82, 2.24) is 0 Å². The van der Waals surface area contributed by atoms with Gasteiger partial charge in [-0.2, -0.15) is 0 Å². The molecule has 4 aliphatic rings. The Morgan fingerprint density at radius 2 is 0.644 bits per heavy atom. The first-order chi connectivity index (χ1) is 21.3. The molecule has 4 fully saturated rings. The molecule has 264 valence electrons. The van der Waals surface area contributed by atoms with E-state index in [4.69, 9.17) is 33.2 Å². The highest BCUT2D eigenvalue weighted by atomic mass is 16.8. The van der Waals surface area contributed by atoms with Crippen LogP contribution in [0.3, 0.4) is 0 Å².